The molecule has 1 aromatic rings. The van der Waals surface area contributed by atoms with Crippen LogP contribution in [0.25, 0.3) is 0 Å². The lowest BCUT2D eigenvalue weighted by atomic mass is 10.1. The Morgan fingerprint density at radius 1 is 1.62 bits per heavy atom. The Hall–Kier alpha value is -1.85. The molecule has 1 atom stereocenters. The van der Waals surface area contributed by atoms with E-state index in [0.717, 1.165) is 5.69 Å². The number of aryl methyl sites for hydroxylation is 1. The first-order valence-corrected chi connectivity index (χ1v) is 4.84. The molecule has 0 aliphatic carbocycles. The number of nitrogens with zero attached hydrogens (tertiary/aromatic N) is 2. The van der Waals surface area contributed by atoms with Crippen molar-refractivity contribution in [3.05, 3.63) is 18.2 Å². The zero-order valence-corrected chi connectivity index (χ0v) is 9.56. The number of methoxy groups -OCH3 is 1. The monoisotopic (exact) mass is 225 g/mol. The Balaban J connectivity index is 2.74. The van der Waals surface area contributed by atoms with Crippen LogP contribution >= 0.6 is 0 Å². The predicted molar refractivity (Wildman–Crippen MR) is 56.5 cm³/mol. The van der Waals surface area contributed by atoms with E-state index in [4.69, 9.17) is 0 Å². The van der Waals surface area contributed by atoms with Crippen LogP contribution in [0, 0.1) is 0 Å². The summed E-state index contributed by atoms with van der Waals surface area (Å²) in [5.74, 6) is -0.728. The quantitative estimate of drug-likeness (QED) is 0.710. The number of esters is 1. The third-order valence-corrected chi connectivity index (χ3v) is 2.19. The number of ether oxygens (including phenoxy) is 1. The number of aromatic nitrogens is 2. The number of hydrogen-bond donors (Lipinski definition) is 1. The molecule has 1 N–H and O–H groups in total. The third kappa shape index (κ3) is 3.08. The number of imidazole rings is 1. The van der Waals surface area contributed by atoms with Crippen molar-refractivity contribution in [3.63, 3.8) is 0 Å². The smallest absolute Gasteiger partial charge is 0.328 e. The minimum atomic E-state index is -0.669. The highest BCUT2D eigenvalue weighted by atomic mass is 16.5. The van der Waals surface area contributed by atoms with Crippen molar-refractivity contribution in [2.75, 3.05) is 7.11 Å². The number of hydrogen-bond acceptors (Lipinski definition) is 4. The average molecular weight is 225 g/mol. The lowest BCUT2D eigenvalue weighted by Gasteiger charge is -2.15. The van der Waals surface area contributed by atoms with Crippen LogP contribution < -0.4 is 5.32 Å². The van der Waals surface area contributed by atoms with Gasteiger partial charge in [-0.25, -0.2) is 9.78 Å². The van der Waals surface area contributed by atoms with Crippen molar-refractivity contribution in [1.82, 2.24) is 14.9 Å². The standard InChI is InChI=1S/C10H15N3O3/c1-7(14)12-9(10(15)16-3)4-8-5-11-6-13(8)2/h5-6,9H,4H2,1-3H3,(H,12,14)/t9-/m0/s1. The molecule has 0 aliphatic rings. The molecular formula is C10H15N3O3. The number of amides is 1. The van der Waals surface area contributed by atoms with Gasteiger partial charge in [-0.05, 0) is 0 Å². The molecule has 1 heterocycles. The fourth-order valence-electron chi connectivity index (χ4n) is 1.37. The maximum atomic E-state index is 11.4. The number of rotatable bonds is 4. The topological polar surface area (TPSA) is 73.2 Å². The van der Waals surface area contributed by atoms with E-state index in [1.165, 1.54) is 14.0 Å². The van der Waals surface area contributed by atoms with Crippen LogP contribution in [0.1, 0.15) is 12.6 Å². The second kappa shape index (κ2) is 5.29. The second-order valence-electron chi connectivity index (χ2n) is 3.48. The van der Waals surface area contributed by atoms with E-state index in [9.17, 15) is 9.59 Å². The first-order chi connectivity index (χ1) is 7.54. The van der Waals surface area contributed by atoms with Crippen LogP contribution in [0.5, 0.6) is 0 Å². The largest absolute Gasteiger partial charge is 0.467 e. The normalized spacial score (nSPS) is 11.9. The fourth-order valence-corrected chi connectivity index (χ4v) is 1.37. The molecule has 0 radical (unpaired) electrons. The number of carbonyl (C=O) groups excluding carboxylic acids is 2. The van der Waals surface area contributed by atoms with Crippen LogP contribution in [0.15, 0.2) is 12.5 Å². The molecule has 0 bridgehead atoms. The van der Waals surface area contributed by atoms with E-state index >= 15 is 0 Å². The average Bonchev–Trinajstić information content (AvgIpc) is 2.61. The van der Waals surface area contributed by atoms with Gasteiger partial charge >= 0.3 is 5.97 Å². The summed E-state index contributed by atoms with van der Waals surface area (Å²) >= 11 is 0. The molecule has 1 rings (SSSR count). The van der Waals surface area contributed by atoms with E-state index in [1.54, 1.807) is 17.1 Å². The van der Waals surface area contributed by atoms with Gasteiger partial charge in [0.2, 0.25) is 5.91 Å². The highest BCUT2D eigenvalue weighted by Gasteiger charge is 2.21. The van der Waals surface area contributed by atoms with Gasteiger partial charge in [0.15, 0.2) is 0 Å². The molecule has 1 amide bonds. The summed E-state index contributed by atoms with van der Waals surface area (Å²) < 4.78 is 6.41. The summed E-state index contributed by atoms with van der Waals surface area (Å²) in [6.07, 6.45) is 3.65. The molecular weight excluding hydrogens is 210 g/mol. The van der Waals surface area contributed by atoms with Crippen molar-refractivity contribution in [3.8, 4) is 0 Å². The molecule has 0 saturated heterocycles. The number of carbonyl (C=O) groups is 2. The molecule has 0 saturated carbocycles. The lowest BCUT2D eigenvalue weighted by molar-refractivity contribution is -0.144. The van der Waals surface area contributed by atoms with Gasteiger partial charge in [0, 0.05) is 32.3 Å². The Kier molecular flexibility index (Phi) is 4.04. The molecule has 16 heavy (non-hydrogen) atoms. The van der Waals surface area contributed by atoms with E-state index in [0.29, 0.717) is 6.42 Å². The summed E-state index contributed by atoms with van der Waals surface area (Å²) in [4.78, 5) is 26.3. The molecule has 0 spiro atoms. The van der Waals surface area contributed by atoms with Crippen molar-refractivity contribution < 1.29 is 14.3 Å². The predicted octanol–water partition coefficient (Wildman–Crippen LogP) is -0.360. The summed E-state index contributed by atoms with van der Waals surface area (Å²) in [6.45, 7) is 1.36. The van der Waals surface area contributed by atoms with Gasteiger partial charge in [0.05, 0.1) is 13.4 Å². The molecule has 0 unspecified atom stereocenters. The van der Waals surface area contributed by atoms with Crippen LogP contribution in [0.3, 0.4) is 0 Å². The first kappa shape index (κ1) is 12.2. The van der Waals surface area contributed by atoms with Gasteiger partial charge < -0.3 is 14.6 Å². The molecule has 6 nitrogen and oxygen atoms in total. The Morgan fingerprint density at radius 3 is 2.75 bits per heavy atom. The van der Waals surface area contributed by atoms with Crippen LogP contribution in [-0.2, 0) is 27.8 Å². The summed E-state index contributed by atoms with van der Waals surface area (Å²) in [6, 6.07) is -0.669. The summed E-state index contributed by atoms with van der Waals surface area (Å²) in [5.41, 5.74) is 0.851. The maximum Gasteiger partial charge on any atom is 0.328 e. The molecule has 1 aromatic heterocycles. The van der Waals surface area contributed by atoms with E-state index in [2.05, 4.69) is 15.0 Å². The van der Waals surface area contributed by atoms with E-state index in [-0.39, 0.29) is 5.91 Å². The van der Waals surface area contributed by atoms with Crippen LogP contribution in [0.4, 0.5) is 0 Å². The van der Waals surface area contributed by atoms with Gasteiger partial charge in [-0.15, -0.1) is 0 Å². The first-order valence-electron chi connectivity index (χ1n) is 4.84. The van der Waals surface area contributed by atoms with Crippen molar-refractivity contribution in [2.45, 2.75) is 19.4 Å². The maximum absolute atomic E-state index is 11.4. The lowest BCUT2D eigenvalue weighted by Crippen LogP contribution is -2.42. The van der Waals surface area contributed by atoms with Gasteiger partial charge in [-0.2, -0.15) is 0 Å². The van der Waals surface area contributed by atoms with Crippen LogP contribution in [-0.4, -0.2) is 34.6 Å². The zero-order valence-electron chi connectivity index (χ0n) is 9.56. The van der Waals surface area contributed by atoms with Gasteiger partial charge in [-0.1, -0.05) is 0 Å². The van der Waals surface area contributed by atoms with Crippen LogP contribution in [0.2, 0.25) is 0 Å². The van der Waals surface area contributed by atoms with Gasteiger partial charge in [0.25, 0.3) is 0 Å². The second-order valence-corrected chi connectivity index (χ2v) is 3.48. The highest BCUT2D eigenvalue weighted by molar-refractivity contribution is 5.83. The van der Waals surface area contributed by atoms with Crippen molar-refractivity contribution in [1.29, 1.82) is 0 Å². The zero-order chi connectivity index (χ0) is 12.1. The van der Waals surface area contributed by atoms with E-state index < -0.39 is 12.0 Å². The molecule has 6 heteroatoms. The highest BCUT2D eigenvalue weighted by Crippen LogP contribution is 2.03. The Bertz CT molecular complexity index is 386. The minimum absolute atomic E-state index is 0.266. The molecule has 88 valence electrons. The summed E-state index contributed by atoms with van der Waals surface area (Å²) in [7, 11) is 3.12. The summed E-state index contributed by atoms with van der Waals surface area (Å²) in [5, 5.41) is 2.54. The SMILES string of the molecule is COC(=O)[C@H](Cc1cncn1C)NC(C)=O. The molecule has 0 aliphatic heterocycles. The van der Waals surface area contributed by atoms with E-state index in [1.807, 2.05) is 7.05 Å². The van der Waals surface area contributed by atoms with Gasteiger partial charge in [-0.3, -0.25) is 4.79 Å². The Morgan fingerprint density at radius 2 is 2.31 bits per heavy atom. The third-order valence-electron chi connectivity index (χ3n) is 2.19. The fraction of sp³-hybridized carbons (Fsp3) is 0.500. The van der Waals surface area contributed by atoms with Gasteiger partial charge in [0.1, 0.15) is 6.04 Å². The number of nitrogens with one attached hydrogen (secondary N) is 1. The van der Waals surface area contributed by atoms with Crippen molar-refractivity contribution >= 4 is 11.9 Å². The molecule has 0 aromatic carbocycles. The Labute approximate surface area is 93.6 Å². The minimum Gasteiger partial charge on any atom is -0.467 e. The molecule has 0 fully saturated rings. The van der Waals surface area contributed by atoms with Crippen molar-refractivity contribution in [2.24, 2.45) is 7.05 Å².